The van der Waals surface area contributed by atoms with Crippen molar-refractivity contribution in [2.24, 2.45) is 0 Å². The van der Waals surface area contributed by atoms with Gasteiger partial charge in [-0.1, -0.05) is 50.6 Å². The van der Waals surface area contributed by atoms with Crippen LogP contribution < -0.4 is 20.4 Å². The number of carbonyl (C=O) groups is 2. The van der Waals surface area contributed by atoms with E-state index in [9.17, 15) is 50.3 Å². The Labute approximate surface area is 243 Å². The number of nitrogens with one attached hydrogen (secondary N) is 2. The number of piperidine rings is 1. The molecular formula is C27H30F6N3O6P-2. The molecule has 9 nitrogen and oxygen atoms in total. The lowest BCUT2D eigenvalue weighted by molar-refractivity contribution is -0.324. The molecule has 2 aromatic carbocycles. The molecule has 3 amide bonds. The Morgan fingerprint density at radius 3 is 1.93 bits per heavy atom. The van der Waals surface area contributed by atoms with E-state index in [1.165, 1.54) is 13.3 Å². The van der Waals surface area contributed by atoms with Crippen LogP contribution in [0.25, 0.3) is 0 Å². The van der Waals surface area contributed by atoms with Crippen LogP contribution >= 0.6 is 7.75 Å². The third-order valence-corrected chi connectivity index (χ3v) is 7.93. The predicted octanol–water partition coefficient (Wildman–Crippen LogP) is 4.62. The lowest BCUT2D eigenvalue weighted by Crippen LogP contribution is -2.64. The van der Waals surface area contributed by atoms with Crippen LogP contribution in [0.4, 0.5) is 31.1 Å². The normalized spacial score (nSPS) is 23.6. The molecule has 2 N–H and O–H groups in total. The van der Waals surface area contributed by atoms with Gasteiger partial charge in [0.2, 0.25) is 0 Å². The number of hydrogen-bond donors (Lipinski definition) is 2. The van der Waals surface area contributed by atoms with Gasteiger partial charge >= 0.3 is 18.4 Å². The van der Waals surface area contributed by atoms with Gasteiger partial charge in [0.05, 0.1) is 29.4 Å². The number of hydrogen-bond acceptors (Lipinski definition) is 7. The molecule has 0 bridgehead atoms. The number of imide groups is 1. The van der Waals surface area contributed by atoms with E-state index in [4.69, 9.17) is 4.74 Å². The third kappa shape index (κ3) is 7.58. The second-order valence-corrected chi connectivity index (χ2v) is 11.7. The largest absolute Gasteiger partial charge is 0.794 e. The van der Waals surface area contributed by atoms with Crippen molar-refractivity contribution in [1.29, 1.82) is 0 Å². The van der Waals surface area contributed by atoms with Crippen LogP contribution in [-0.2, 0) is 32.0 Å². The van der Waals surface area contributed by atoms with E-state index < -0.39 is 60.3 Å². The molecule has 238 valence electrons. The average molecular weight is 638 g/mol. The number of alkyl halides is 6. The molecular weight excluding hydrogens is 607 g/mol. The predicted molar refractivity (Wildman–Crippen MR) is 138 cm³/mol. The molecule has 2 heterocycles. The van der Waals surface area contributed by atoms with Crippen LogP contribution in [0.1, 0.15) is 68.4 Å². The van der Waals surface area contributed by atoms with Crippen molar-refractivity contribution in [1.82, 2.24) is 15.3 Å². The standard InChI is InChI=1S/C24H24F6N3O6P.C3H8/c1-14(15-9-17(23(25,26)27)11-18(10-15)24(28,29)30)39-13-22(16-5-3-2-4-6-16)8-7-21(12-31-22)19(34)33(20(35)32-21)40(36,37)38;1-3-2/h2-6,9-11,14,31H,7-8,12-13H2,1H3,(H,32,35)(H2,36,37,38);3H2,1-2H3/p-2/t14-,21-,22-;/m1./s1. The molecule has 2 saturated heterocycles. The molecule has 0 aliphatic carbocycles. The van der Waals surface area contributed by atoms with Gasteiger partial charge < -0.3 is 29.7 Å². The minimum Gasteiger partial charge on any atom is -0.794 e. The van der Waals surface area contributed by atoms with Gasteiger partial charge in [-0.3, -0.25) is 4.79 Å². The maximum Gasteiger partial charge on any atom is 0.416 e. The summed E-state index contributed by atoms with van der Waals surface area (Å²) in [4.78, 5) is 47.8. The van der Waals surface area contributed by atoms with Gasteiger partial charge in [0.25, 0.3) is 5.91 Å². The minimum absolute atomic E-state index is 0.00199. The zero-order valence-electron chi connectivity index (χ0n) is 23.3. The Balaban J connectivity index is 0.00000162. The van der Waals surface area contributed by atoms with Crippen LogP contribution in [0.3, 0.4) is 0 Å². The van der Waals surface area contributed by atoms with Crippen molar-refractivity contribution in [3.05, 3.63) is 70.8 Å². The summed E-state index contributed by atoms with van der Waals surface area (Å²) >= 11 is 0. The van der Waals surface area contributed by atoms with E-state index in [1.807, 2.05) is 0 Å². The van der Waals surface area contributed by atoms with Crippen LogP contribution in [0.15, 0.2) is 48.5 Å². The van der Waals surface area contributed by atoms with E-state index in [2.05, 4.69) is 24.5 Å². The minimum atomic E-state index is -5.74. The highest BCUT2D eigenvalue weighted by Crippen LogP contribution is 2.43. The molecule has 0 radical (unpaired) electrons. The Morgan fingerprint density at radius 2 is 1.51 bits per heavy atom. The fourth-order valence-corrected chi connectivity index (χ4v) is 5.52. The first kappa shape index (κ1) is 34.5. The highest BCUT2D eigenvalue weighted by Gasteiger charge is 2.56. The van der Waals surface area contributed by atoms with Crippen LogP contribution in [0.2, 0.25) is 0 Å². The highest BCUT2D eigenvalue weighted by atomic mass is 31.2. The lowest BCUT2D eigenvalue weighted by Gasteiger charge is -2.45. The summed E-state index contributed by atoms with van der Waals surface area (Å²) in [7, 11) is -5.74. The van der Waals surface area contributed by atoms with Crippen LogP contribution in [0.5, 0.6) is 0 Å². The van der Waals surface area contributed by atoms with Gasteiger partial charge in [0, 0.05) is 14.3 Å². The third-order valence-electron chi connectivity index (χ3n) is 7.08. The van der Waals surface area contributed by atoms with Crippen molar-refractivity contribution in [3.8, 4) is 0 Å². The Hall–Kier alpha value is -2.97. The van der Waals surface area contributed by atoms with Crippen molar-refractivity contribution in [2.45, 2.75) is 69.6 Å². The van der Waals surface area contributed by atoms with Gasteiger partial charge in [0.15, 0.2) is 0 Å². The second-order valence-electron chi connectivity index (χ2n) is 10.4. The van der Waals surface area contributed by atoms with Gasteiger partial charge in [0.1, 0.15) is 5.54 Å². The van der Waals surface area contributed by atoms with Gasteiger partial charge in [-0.25, -0.2) is 9.46 Å². The first-order chi connectivity index (χ1) is 19.8. The second kappa shape index (κ2) is 12.6. The van der Waals surface area contributed by atoms with E-state index in [-0.39, 0.29) is 42.3 Å². The SMILES string of the molecule is CCC.C[C@@H](OC[C@@]1(c2ccccc2)CC[C@]2(CN1)NC(=O)N(P(=O)([O-])[O-])C2=O)c1cc(C(F)(F)F)cc(C(F)(F)F)c1. The summed E-state index contributed by atoms with van der Waals surface area (Å²) in [6.45, 7) is 4.90. The lowest BCUT2D eigenvalue weighted by atomic mass is 9.76. The number of rotatable bonds is 6. The Kier molecular flexibility index (Phi) is 10.1. The Bertz CT molecular complexity index is 1320. The Morgan fingerprint density at radius 1 is 0.977 bits per heavy atom. The molecule has 0 aromatic heterocycles. The van der Waals surface area contributed by atoms with Crippen molar-refractivity contribution in [2.75, 3.05) is 13.2 Å². The zero-order chi connectivity index (χ0) is 32.4. The number of urea groups is 1. The van der Waals surface area contributed by atoms with Crippen molar-refractivity contribution in [3.63, 3.8) is 0 Å². The number of amides is 3. The summed E-state index contributed by atoms with van der Waals surface area (Å²) in [6, 6.07) is 8.17. The maximum absolute atomic E-state index is 13.3. The van der Waals surface area contributed by atoms with E-state index in [0.29, 0.717) is 17.7 Å². The molecule has 2 aromatic rings. The van der Waals surface area contributed by atoms with Crippen molar-refractivity contribution >= 4 is 19.7 Å². The summed E-state index contributed by atoms with van der Waals surface area (Å²) < 4.78 is 96.9. The molecule has 4 rings (SSSR count). The number of carbonyl (C=O) groups excluding carboxylic acids is 2. The van der Waals surface area contributed by atoms with Gasteiger partial charge in [-0.15, -0.1) is 0 Å². The van der Waals surface area contributed by atoms with Gasteiger partial charge in [-0.2, -0.15) is 26.3 Å². The number of benzene rings is 2. The molecule has 2 fully saturated rings. The van der Waals surface area contributed by atoms with E-state index in [0.717, 1.165) is 0 Å². The highest BCUT2D eigenvalue weighted by molar-refractivity contribution is 7.48. The monoisotopic (exact) mass is 637 g/mol. The molecule has 2 aliphatic rings. The topological polar surface area (TPSA) is 134 Å². The molecule has 3 atom stereocenters. The van der Waals surface area contributed by atoms with Crippen LogP contribution in [0, 0.1) is 0 Å². The van der Waals surface area contributed by atoms with E-state index >= 15 is 0 Å². The molecule has 2 aliphatic heterocycles. The summed E-state index contributed by atoms with van der Waals surface area (Å²) in [5, 5.41) is 5.29. The summed E-state index contributed by atoms with van der Waals surface area (Å²) in [6.07, 6.45) is -10.2. The fraction of sp³-hybridized carbons (Fsp3) is 0.481. The average Bonchev–Trinajstić information content (AvgIpc) is 3.17. The molecule has 0 saturated carbocycles. The van der Waals surface area contributed by atoms with Crippen LogP contribution in [-0.4, -0.2) is 35.3 Å². The molecule has 0 unspecified atom stereocenters. The number of halogens is 6. The number of nitrogens with zero attached hydrogens (tertiary/aromatic N) is 1. The first-order valence-corrected chi connectivity index (χ1v) is 14.7. The quantitative estimate of drug-likeness (QED) is 0.268. The molecule has 16 heteroatoms. The summed E-state index contributed by atoms with van der Waals surface area (Å²) in [5.41, 5.74) is -5.66. The van der Waals surface area contributed by atoms with Gasteiger partial charge in [-0.05, 0) is 49.1 Å². The van der Waals surface area contributed by atoms with E-state index in [1.54, 1.807) is 30.3 Å². The van der Waals surface area contributed by atoms with Crippen molar-refractivity contribution < 1.29 is 55.0 Å². The first-order valence-electron chi connectivity index (χ1n) is 13.2. The zero-order valence-corrected chi connectivity index (χ0v) is 24.2. The number of ether oxygens (including phenoxy) is 1. The maximum atomic E-state index is 13.3. The smallest absolute Gasteiger partial charge is 0.416 e. The summed E-state index contributed by atoms with van der Waals surface area (Å²) in [5.74, 6) is -1.25. The molecule has 43 heavy (non-hydrogen) atoms. The fourth-order valence-electron chi connectivity index (χ4n) is 4.83. The molecule has 1 spiro atoms.